The number of carbonyl (C=O) groups is 4. The number of anilines is 3. The summed E-state index contributed by atoms with van der Waals surface area (Å²) < 4.78 is 85.2. The molecule has 3 rings (SSSR count). The van der Waals surface area contributed by atoms with Gasteiger partial charge in [-0.2, -0.15) is 4.39 Å². The smallest absolute Gasteiger partial charge is 0.414 e. The van der Waals surface area contributed by atoms with Gasteiger partial charge >= 0.3 is 24.0 Å². The van der Waals surface area contributed by atoms with E-state index in [1.54, 1.807) is 18.2 Å². The molecule has 0 aromatic heterocycles. The summed E-state index contributed by atoms with van der Waals surface area (Å²) in [5.74, 6) is -1.64. The number of carbonyl (C=O) groups excluding carboxylic acids is 4. The maximum absolute atomic E-state index is 13.7. The number of amides is 1. The number of ether oxygens (including phenoxy) is 4. The van der Waals surface area contributed by atoms with Gasteiger partial charge in [0.05, 0.1) is 24.3 Å². The number of nitrogens with two attached hydrogens (primary N) is 2. The number of esters is 3. The van der Waals surface area contributed by atoms with Crippen molar-refractivity contribution in [2.45, 2.75) is 50.6 Å². The summed E-state index contributed by atoms with van der Waals surface area (Å²) >= 11 is 0. The fourth-order valence-corrected chi connectivity index (χ4v) is 4.23. The van der Waals surface area contributed by atoms with E-state index in [0.29, 0.717) is 29.8 Å². The molecule has 0 aliphatic carbocycles. The van der Waals surface area contributed by atoms with Crippen LogP contribution in [0.5, 0.6) is 5.75 Å². The number of unbranched alkanes of at least 4 members (excludes halogenated alkanes) is 3. The van der Waals surface area contributed by atoms with Crippen molar-refractivity contribution in [3.8, 4) is 5.75 Å². The highest BCUT2D eigenvalue weighted by Crippen LogP contribution is 2.21. The van der Waals surface area contributed by atoms with Gasteiger partial charge in [0.2, 0.25) is 6.17 Å². The molecule has 0 aliphatic rings. The Morgan fingerprint density at radius 1 is 0.725 bits per heavy atom. The Bertz CT molecular complexity index is 1620. The van der Waals surface area contributed by atoms with Gasteiger partial charge in [-0.3, -0.25) is 5.32 Å². The Kier molecular flexibility index (Phi) is 15.7. The largest absolute Gasteiger partial charge is 0.463 e. The van der Waals surface area contributed by atoms with Crippen LogP contribution in [0.4, 0.5) is 43.8 Å². The van der Waals surface area contributed by atoms with E-state index >= 15 is 0 Å². The molecule has 0 saturated carbocycles. The van der Waals surface area contributed by atoms with Crippen LogP contribution in [0.1, 0.15) is 52.0 Å². The molecule has 0 spiro atoms. The number of hydrogen-bond acceptors (Lipinski definition) is 10. The third-order valence-corrected chi connectivity index (χ3v) is 6.87. The van der Waals surface area contributed by atoms with Crippen LogP contribution in [0.25, 0.3) is 6.08 Å². The third-order valence-electron chi connectivity index (χ3n) is 6.87. The topological polar surface area (TPSA) is 169 Å². The number of alkyl halides is 5. The van der Waals surface area contributed by atoms with Gasteiger partial charge in [-0.15, -0.1) is 0 Å². The van der Waals surface area contributed by atoms with Crippen LogP contribution in [-0.4, -0.2) is 68.8 Å². The number of halogens is 5. The monoisotopic (exact) mass is 721 g/mol. The molecule has 0 radical (unpaired) electrons. The zero-order valence-electron chi connectivity index (χ0n) is 27.1. The number of nitrogens with one attached hydrogen (secondary N) is 1. The Labute approximate surface area is 289 Å². The standard InChI is InChI=1S/C35H36F5N3O8/c36-20-28(37)30(38)31(39)32(40)51-35(47)43-26-10-8-22(9-11-26)34(46)50-27-12-5-21(6-13-27)7-14-29(44)48-15-3-1-2-4-16-49-33(45)23-17-24(41)19-25(42)18-23/h5-14,17-19,28,30-32H,1-4,15-16,20,41-42H2,(H,43,47). The molecule has 11 nitrogen and oxygen atoms in total. The van der Waals surface area contributed by atoms with E-state index in [-0.39, 0.29) is 35.8 Å². The predicted molar refractivity (Wildman–Crippen MR) is 178 cm³/mol. The maximum atomic E-state index is 13.7. The second kappa shape index (κ2) is 20.1. The van der Waals surface area contributed by atoms with Gasteiger partial charge < -0.3 is 30.4 Å². The van der Waals surface area contributed by atoms with Crippen LogP contribution in [-0.2, 0) is 19.0 Å². The molecule has 4 atom stereocenters. The van der Waals surface area contributed by atoms with Gasteiger partial charge in [0.25, 0.3) is 6.36 Å². The van der Waals surface area contributed by atoms with Crippen LogP contribution >= 0.6 is 0 Å². The molecule has 0 saturated heterocycles. The number of rotatable bonds is 18. The summed E-state index contributed by atoms with van der Waals surface area (Å²) in [4.78, 5) is 48.4. The van der Waals surface area contributed by atoms with Crippen molar-refractivity contribution in [3.63, 3.8) is 0 Å². The summed E-state index contributed by atoms with van der Waals surface area (Å²) in [6.45, 7) is -1.43. The van der Waals surface area contributed by atoms with Gasteiger partial charge in [0, 0.05) is 23.1 Å². The van der Waals surface area contributed by atoms with E-state index in [1.807, 2.05) is 5.32 Å². The van der Waals surface area contributed by atoms with E-state index in [0.717, 1.165) is 12.8 Å². The van der Waals surface area contributed by atoms with Gasteiger partial charge in [-0.1, -0.05) is 12.1 Å². The molecule has 51 heavy (non-hydrogen) atoms. The summed E-state index contributed by atoms with van der Waals surface area (Å²) in [6.07, 6.45) is -8.51. The predicted octanol–water partition coefficient (Wildman–Crippen LogP) is 6.87. The lowest BCUT2D eigenvalue weighted by molar-refractivity contribution is -0.137. The highest BCUT2D eigenvalue weighted by molar-refractivity contribution is 5.93. The Hall–Kier alpha value is -5.67. The Morgan fingerprint density at radius 2 is 1.33 bits per heavy atom. The van der Waals surface area contributed by atoms with Gasteiger partial charge in [0.15, 0.2) is 12.3 Å². The molecule has 1 amide bonds. The first-order chi connectivity index (χ1) is 24.4. The minimum Gasteiger partial charge on any atom is -0.463 e. The number of nitrogen functional groups attached to an aromatic ring is 2. The van der Waals surface area contributed by atoms with Crippen molar-refractivity contribution < 1.29 is 60.1 Å². The zero-order valence-corrected chi connectivity index (χ0v) is 27.1. The molecule has 3 aromatic rings. The minimum absolute atomic E-state index is 0.0181. The van der Waals surface area contributed by atoms with Crippen LogP contribution in [0.3, 0.4) is 0 Å². The van der Waals surface area contributed by atoms with Crippen molar-refractivity contribution in [1.29, 1.82) is 0 Å². The van der Waals surface area contributed by atoms with Crippen molar-refractivity contribution in [1.82, 2.24) is 0 Å². The average molecular weight is 722 g/mol. The molecule has 0 aliphatic heterocycles. The zero-order chi connectivity index (χ0) is 37.3. The van der Waals surface area contributed by atoms with Gasteiger partial charge in [0.1, 0.15) is 12.4 Å². The Morgan fingerprint density at radius 3 is 1.94 bits per heavy atom. The van der Waals surface area contributed by atoms with Gasteiger partial charge in [-0.25, -0.2) is 36.7 Å². The number of hydrogen-bond donors (Lipinski definition) is 3. The third kappa shape index (κ3) is 13.6. The summed E-state index contributed by atoms with van der Waals surface area (Å²) in [6, 6.07) is 15.6. The van der Waals surface area contributed by atoms with Crippen LogP contribution < -0.4 is 21.5 Å². The summed E-state index contributed by atoms with van der Waals surface area (Å²) in [5.41, 5.74) is 13.1. The normalized spacial score (nSPS) is 13.4. The Balaban J connectivity index is 1.31. The second-order valence-corrected chi connectivity index (χ2v) is 10.9. The minimum atomic E-state index is -3.24. The summed E-state index contributed by atoms with van der Waals surface area (Å²) in [5, 5.41) is 2.02. The maximum Gasteiger partial charge on any atom is 0.414 e. The molecular weight excluding hydrogens is 685 g/mol. The molecular formula is C35H36F5N3O8. The first kappa shape index (κ1) is 39.8. The van der Waals surface area contributed by atoms with Crippen LogP contribution in [0.15, 0.2) is 72.8 Å². The first-order valence-corrected chi connectivity index (χ1v) is 15.6. The summed E-state index contributed by atoms with van der Waals surface area (Å²) in [7, 11) is 0. The molecule has 16 heteroatoms. The van der Waals surface area contributed by atoms with Crippen molar-refractivity contribution in [2.75, 3.05) is 36.7 Å². The molecule has 4 unspecified atom stereocenters. The van der Waals surface area contributed by atoms with Gasteiger partial charge in [-0.05, 0) is 91.9 Å². The first-order valence-electron chi connectivity index (χ1n) is 15.6. The quantitative estimate of drug-likeness (QED) is 0.0240. The lowest BCUT2D eigenvalue weighted by Gasteiger charge is -2.19. The van der Waals surface area contributed by atoms with Crippen LogP contribution in [0, 0.1) is 0 Å². The fraction of sp³-hybridized carbons (Fsp3) is 0.314. The fourth-order valence-electron chi connectivity index (χ4n) is 4.23. The van der Waals surface area contributed by atoms with E-state index in [2.05, 4.69) is 4.74 Å². The van der Waals surface area contributed by atoms with Crippen molar-refractivity contribution >= 4 is 47.1 Å². The highest BCUT2D eigenvalue weighted by Gasteiger charge is 2.38. The number of benzene rings is 3. The molecule has 5 N–H and O–H groups in total. The second-order valence-electron chi connectivity index (χ2n) is 10.9. The average Bonchev–Trinajstić information content (AvgIpc) is 3.11. The van der Waals surface area contributed by atoms with Crippen molar-refractivity contribution in [3.05, 3.63) is 89.5 Å². The molecule has 0 bridgehead atoms. The molecule has 274 valence electrons. The van der Waals surface area contributed by atoms with Crippen molar-refractivity contribution in [2.24, 2.45) is 0 Å². The van der Waals surface area contributed by atoms with E-state index in [9.17, 15) is 41.1 Å². The lowest BCUT2D eigenvalue weighted by atomic mass is 10.1. The van der Waals surface area contributed by atoms with E-state index in [4.69, 9.17) is 25.7 Å². The molecule has 0 heterocycles. The van der Waals surface area contributed by atoms with E-state index in [1.165, 1.54) is 60.7 Å². The SMILES string of the molecule is Nc1cc(N)cc(C(=O)OCCCCCCOC(=O)C=Cc2ccc(OC(=O)c3ccc(NC(=O)OC(F)C(F)C(F)C(F)CF)cc3)cc2)c1. The lowest BCUT2D eigenvalue weighted by Crippen LogP contribution is -2.38. The van der Waals surface area contributed by atoms with Crippen LogP contribution in [0.2, 0.25) is 0 Å². The highest BCUT2D eigenvalue weighted by atomic mass is 19.2. The molecule has 0 fully saturated rings. The molecule has 3 aromatic carbocycles. The van der Waals surface area contributed by atoms with E-state index < -0.39 is 55.5 Å².